The molecule has 1 aliphatic rings. The Bertz CT molecular complexity index is 565. The van der Waals surface area contributed by atoms with E-state index in [2.05, 4.69) is 9.62 Å². The molecule has 2 heterocycles. The second kappa shape index (κ2) is 5.32. The first kappa shape index (κ1) is 14.0. The SMILES string of the molecule is CN1CCCC1CNS(=O)(=O)c1ccc(C(=O)O)o1. The minimum absolute atomic E-state index is 0.170. The number of likely N-dealkylation sites (N-methyl/N-ethyl adjacent to an activating group) is 1. The minimum Gasteiger partial charge on any atom is -0.475 e. The van der Waals surface area contributed by atoms with Gasteiger partial charge in [-0.25, -0.2) is 17.9 Å². The maximum atomic E-state index is 11.9. The Balaban J connectivity index is 2.03. The lowest BCUT2D eigenvalue weighted by atomic mass is 10.2. The third-order valence-electron chi connectivity index (χ3n) is 3.24. The zero-order chi connectivity index (χ0) is 14.0. The van der Waals surface area contributed by atoms with E-state index in [4.69, 9.17) is 9.52 Å². The van der Waals surface area contributed by atoms with E-state index >= 15 is 0 Å². The predicted molar refractivity (Wildman–Crippen MR) is 66.5 cm³/mol. The van der Waals surface area contributed by atoms with Crippen molar-refractivity contribution in [2.75, 3.05) is 20.1 Å². The van der Waals surface area contributed by atoms with E-state index in [0.29, 0.717) is 6.54 Å². The molecule has 1 aromatic rings. The number of nitrogens with one attached hydrogen (secondary N) is 1. The predicted octanol–water partition coefficient (Wildman–Crippen LogP) is 0.350. The molecule has 0 aromatic carbocycles. The van der Waals surface area contributed by atoms with E-state index in [1.807, 2.05) is 7.05 Å². The summed E-state index contributed by atoms with van der Waals surface area (Å²) in [5, 5.41) is 8.32. The van der Waals surface area contributed by atoms with Crippen LogP contribution in [0, 0.1) is 0 Å². The first-order valence-electron chi connectivity index (χ1n) is 5.93. The highest BCUT2D eigenvalue weighted by Crippen LogP contribution is 2.16. The molecule has 1 unspecified atom stereocenters. The van der Waals surface area contributed by atoms with Crippen molar-refractivity contribution in [3.05, 3.63) is 17.9 Å². The van der Waals surface area contributed by atoms with Crippen LogP contribution >= 0.6 is 0 Å². The fourth-order valence-corrected chi connectivity index (χ4v) is 3.09. The summed E-state index contributed by atoms with van der Waals surface area (Å²) >= 11 is 0. The second-order valence-corrected chi connectivity index (χ2v) is 6.25. The second-order valence-electron chi connectivity index (χ2n) is 4.55. The average Bonchev–Trinajstić information content (AvgIpc) is 2.95. The number of furan rings is 1. The van der Waals surface area contributed by atoms with Crippen LogP contribution in [0.15, 0.2) is 21.6 Å². The van der Waals surface area contributed by atoms with Crippen LogP contribution in [0.5, 0.6) is 0 Å². The highest BCUT2D eigenvalue weighted by Gasteiger charge is 2.25. The van der Waals surface area contributed by atoms with Crippen molar-refractivity contribution in [3.8, 4) is 0 Å². The van der Waals surface area contributed by atoms with E-state index in [1.54, 1.807) is 0 Å². The molecule has 19 heavy (non-hydrogen) atoms. The molecule has 0 radical (unpaired) electrons. The molecule has 1 atom stereocenters. The monoisotopic (exact) mass is 288 g/mol. The zero-order valence-corrected chi connectivity index (χ0v) is 11.3. The Kier molecular flexibility index (Phi) is 3.93. The number of hydrogen-bond donors (Lipinski definition) is 2. The van der Waals surface area contributed by atoms with Crippen LogP contribution in [0.25, 0.3) is 0 Å². The Morgan fingerprint density at radius 3 is 2.84 bits per heavy atom. The normalized spacial score (nSPS) is 20.8. The number of carboxylic acids is 1. The van der Waals surface area contributed by atoms with Crippen molar-refractivity contribution in [2.45, 2.75) is 24.0 Å². The highest BCUT2D eigenvalue weighted by molar-refractivity contribution is 7.89. The Labute approximate surface area is 111 Å². The minimum atomic E-state index is -3.79. The smallest absolute Gasteiger partial charge is 0.371 e. The maximum absolute atomic E-state index is 11.9. The van der Waals surface area contributed by atoms with Crippen molar-refractivity contribution in [1.82, 2.24) is 9.62 Å². The van der Waals surface area contributed by atoms with Crippen LogP contribution < -0.4 is 4.72 Å². The molecule has 0 spiro atoms. The van der Waals surface area contributed by atoms with Gasteiger partial charge in [0.05, 0.1) is 0 Å². The Morgan fingerprint density at radius 1 is 1.58 bits per heavy atom. The van der Waals surface area contributed by atoms with Gasteiger partial charge in [-0.2, -0.15) is 0 Å². The largest absolute Gasteiger partial charge is 0.475 e. The maximum Gasteiger partial charge on any atom is 0.371 e. The van der Waals surface area contributed by atoms with Crippen molar-refractivity contribution < 1.29 is 22.7 Å². The van der Waals surface area contributed by atoms with Crippen molar-refractivity contribution in [3.63, 3.8) is 0 Å². The van der Waals surface area contributed by atoms with E-state index in [1.165, 1.54) is 0 Å². The molecule has 2 N–H and O–H groups in total. The topological polar surface area (TPSA) is 99.9 Å². The summed E-state index contributed by atoms with van der Waals surface area (Å²) in [4.78, 5) is 12.7. The van der Waals surface area contributed by atoms with E-state index in [-0.39, 0.29) is 11.1 Å². The average molecular weight is 288 g/mol. The Hall–Kier alpha value is -1.38. The fourth-order valence-electron chi connectivity index (χ4n) is 2.09. The van der Waals surface area contributed by atoms with Crippen molar-refractivity contribution in [2.24, 2.45) is 0 Å². The van der Waals surface area contributed by atoms with Gasteiger partial charge in [0.1, 0.15) is 0 Å². The molecule has 8 heteroatoms. The van der Waals surface area contributed by atoms with Gasteiger partial charge in [0.15, 0.2) is 0 Å². The van der Waals surface area contributed by atoms with Gasteiger partial charge in [0.25, 0.3) is 10.0 Å². The third-order valence-corrected chi connectivity index (χ3v) is 4.53. The Morgan fingerprint density at radius 2 is 2.32 bits per heavy atom. The number of sulfonamides is 1. The van der Waals surface area contributed by atoms with Crippen LogP contribution in [0.4, 0.5) is 0 Å². The van der Waals surface area contributed by atoms with Gasteiger partial charge in [-0.15, -0.1) is 0 Å². The molecule has 1 aromatic heterocycles. The van der Waals surface area contributed by atoms with Crippen molar-refractivity contribution in [1.29, 1.82) is 0 Å². The molecule has 2 rings (SSSR count). The summed E-state index contributed by atoms with van der Waals surface area (Å²) in [6.07, 6.45) is 1.99. The molecule has 0 bridgehead atoms. The molecule has 1 aliphatic heterocycles. The van der Waals surface area contributed by atoms with Gasteiger partial charge in [-0.1, -0.05) is 0 Å². The number of rotatable bonds is 5. The molecule has 7 nitrogen and oxygen atoms in total. The molecule has 106 valence electrons. The molecular weight excluding hydrogens is 272 g/mol. The quantitative estimate of drug-likeness (QED) is 0.811. The number of nitrogens with zero attached hydrogens (tertiary/aromatic N) is 1. The van der Waals surface area contributed by atoms with Crippen LogP contribution in [0.1, 0.15) is 23.4 Å². The van der Waals surface area contributed by atoms with Gasteiger partial charge in [-0.05, 0) is 38.6 Å². The summed E-state index contributed by atoms with van der Waals surface area (Å²) in [7, 11) is -1.84. The number of aromatic carboxylic acids is 1. The standard InChI is InChI=1S/C11H16N2O5S/c1-13-6-2-3-8(13)7-12-19(16,17)10-5-4-9(18-10)11(14)15/h4-5,8,12H,2-3,6-7H2,1H3,(H,14,15). The number of likely N-dealkylation sites (tertiary alicyclic amines) is 1. The van der Waals surface area contributed by atoms with Gasteiger partial charge in [0, 0.05) is 12.6 Å². The van der Waals surface area contributed by atoms with Crippen LogP contribution in [0.3, 0.4) is 0 Å². The molecule has 1 fully saturated rings. The molecule has 1 saturated heterocycles. The van der Waals surface area contributed by atoms with Crippen LogP contribution in [0.2, 0.25) is 0 Å². The highest BCUT2D eigenvalue weighted by atomic mass is 32.2. The fraction of sp³-hybridized carbons (Fsp3) is 0.545. The summed E-state index contributed by atoms with van der Waals surface area (Å²) in [6.45, 7) is 1.25. The van der Waals surface area contributed by atoms with E-state index < -0.39 is 21.8 Å². The van der Waals surface area contributed by atoms with Gasteiger partial charge in [0.2, 0.25) is 10.9 Å². The van der Waals surface area contributed by atoms with E-state index in [0.717, 1.165) is 31.5 Å². The molecular formula is C11H16N2O5S. The molecule has 0 saturated carbocycles. The first-order chi connectivity index (χ1) is 8.90. The molecule has 0 aliphatic carbocycles. The lowest BCUT2D eigenvalue weighted by Crippen LogP contribution is -2.38. The number of carbonyl (C=O) groups is 1. The third kappa shape index (κ3) is 3.14. The van der Waals surface area contributed by atoms with Gasteiger partial charge >= 0.3 is 5.97 Å². The summed E-state index contributed by atoms with van der Waals surface area (Å²) in [5.41, 5.74) is 0. The van der Waals surface area contributed by atoms with Crippen LogP contribution in [-0.4, -0.2) is 50.6 Å². The summed E-state index contributed by atoms with van der Waals surface area (Å²) in [6, 6.07) is 2.44. The molecule has 0 amide bonds. The number of carboxylic acid groups (broad SMARTS) is 1. The van der Waals surface area contributed by atoms with E-state index in [9.17, 15) is 13.2 Å². The zero-order valence-electron chi connectivity index (χ0n) is 10.5. The van der Waals surface area contributed by atoms with Gasteiger partial charge in [-0.3, -0.25) is 0 Å². The lowest BCUT2D eigenvalue weighted by Gasteiger charge is -2.19. The number of hydrogen-bond acceptors (Lipinski definition) is 5. The lowest BCUT2D eigenvalue weighted by molar-refractivity contribution is 0.0656. The summed E-state index contributed by atoms with van der Waals surface area (Å²) < 4.78 is 31.1. The first-order valence-corrected chi connectivity index (χ1v) is 7.41. The summed E-state index contributed by atoms with van der Waals surface area (Å²) in [5.74, 6) is -1.68. The van der Waals surface area contributed by atoms with Crippen LogP contribution in [-0.2, 0) is 10.0 Å². The van der Waals surface area contributed by atoms with Crippen molar-refractivity contribution >= 4 is 16.0 Å². The van der Waals surface area contributed by atoms with Gasteiger partial charge < -0.3 is 14.4 Å².